The van der Waals surface area contributed by atoms with Crippen LogP contribution in [0.1, 0.15) is 57.8 Å². The average Bonchev–Trinajstić information content (AvgIpc) is 2.96. The summed E-state index contributed by atoms with van der Waals surface area (Å²) in [6.45, 7) is 7.38. The van der Waals surface area contributed by atoms with Gasteiger partial charge in [0.2, 0.25) is 0 Å². The highest BCUT2D eigenvalue weighted by Gasteiger charge is 2.35. The predicted molar refractivity (Wildman–Crippen MR) is 80.5 cm³/mol. The molecule has 1 saturated carbocycles. The molecule has 1 unspecified atom stereocenters. The van der Waals surface area contributed by atoms with Crippen LogP contribution in [0.2, 0.25) is 5.02 Å². The van der Waals surface area contributed by atoms with Gasteiger partial charge in [0.05, 0.1) is 16.4 Å². The molecule has 2 rings (SSSR count). The molecule has 0 aliphatic heterocycles. The van der Waals surface area contributed by atoms with Gasteiger partial charge in [-0.15, -0.1) is 0 Å². The maximum Gasteiger partial charge on any atom is 0.0850 e. The molecule has 2 N–H and O–H groups in total. The van der Waals surface area contributed by atoms with Gasteiger partial charge in [-0.2, -0.15) is 5.10 Å². The number of hydrogen-bond acceptors (Lipinski definition) is 2. The first kappa shape index (κ1) is 14.9. The highest BCUT2D eigenvalue weighted by atomic mass is 35.5. The Bertz CT molecular complexity index is 433. The van der Waals surface area contributed by atoms with Crippen molar-refractivity contribution in [1.82, 2.24) is 9.78 Å². The lowest BCUT2D eigenvalue weighted by atomic mass is 9.79. The van der Waals surface area contributed by atoms with E-state index in [0.29, 0.717) is 0 Å². The van der Waals surface area contributed by atoms with Gasteiger partial charge in [-0.05, 0) is 31.6 Å². The van der Waals surface area contributed by atoms with E-state index in [0.717, 1.165) is 35.8 Å². The zero-order chi connectivity index (χ0) is 14.0. The summed E-state index contributed by atoms with van der Waals surface area (Å²) >= 11 is 6.47. The fourth-order valence-corrected chi connectivity index (χ4v) is 3.57. The Kier molecular flexibility index (Phi) is 4.57. The number of hydrogen-bond donors (Lipinski definition) is 1. The Labute approximate surface area is 121 Å². The van der Waals surface area contributed by atoms with Gasteiger partial charge in [-0.25, -0.2) is 0 Å². The summed E-state index contributed by atoms with van der Waals surface area (Å²) in [7, 11) is 0. The average molecular weight is 284 g/mol. The van der Waals surface area contributed by atoms with Gasteiger partial charge < -0.3 is 5.73 Å². The van der Waals surface area contributed by atoms with Crippen LogP contribution in [0.3, 0.4) is 0 Å². The molecule has 0 bridgehead atoms. The van der Waals surface area contributed by atoms with E-state index in [-0.39, 0.29) is 11.5 Å². The van der Waals surface area contributed by atoms with E-state index in [1.165, 1.54) is 25.7 Å². The van der Waals surface area contributed by atoms with Crippen molar-refractivity contribution in [3.05, 3.63) is 16.4 Å². The predicted octanol–water partition coefficient (Wildman–Crippen LogP) is 3.57. The van der Waals surface area contributed by atoms with Crippen molar-refractivity contribution >= 4 is 11.6 Å². The molecule has 0 radical (unpaired) electrons. The lowest BCUT2D eigenvalue weighted by Crippen LogP contribution is -2.39. The molecule has 3 nitrogen and oxygen atoms in total. The first-order chi connectivity index (χ1) is 9.01. The van der Waals surface area contributed by atoms with Gasteiger partial charge in [0.25, 0.3) is 0 Å². The molecule has 1 aromatic heterocycles. The molecule has 0 saturated heterocycles. The van der Waals surface area contributed by atoms with Gasteiger partial charge in [0, 0.05) is 19.0 Å². The van der Waals surface area contributed by atoms with E-state index in [9.17, 15) is 0 Å². The Balaban J connectivity index is 2.20. The van der Waals surface area contributed by atoms with Crippen molar-refractivity contribution in [3.63, 3.8) is 0 Å². The third-order valence-electron chi connectivity index (χ3n) is 4.75. The van der Waals surface area contributed by atoms with Crippen molar-refractivity contribution < 1.29 is 0 Å². The quantitative estimate of drug-likeness (QED) is 0.898. The molecule has 1 aliphatic rings. The second-order valence-corrected chi connectivity index (χ2v) is 6.43. The smallest absolute Gasteiger partial charge is 0.0850 e. The van der Waals surface area contributed by atoms with Gasteiger partial charge >= 0.3 is 0 Å². The van der Waals surface area contributed by atoms with Crippen LogP contribution in [-0.2, 0) is 19.4 Å². The van der Waals surface area contributed by atoms with Crippen molar-refractivity contribution in [3.8, 4) is 0 Å². The lowest BCUT2D eigenvalue weighted by Gasteiger charge is -2.31. The van der Waals surface area contributed by atoms with Crippen LogP contribution in [0.5, 0.6) is 0 Å². The molecular weight excluding hydrogens is 258 g/mol. The van der Waals surface area contributed by atoms with Crippen LogP contribution in [-0.4, -0.2) is 15.8 Å². The molecule has 4 heteroatoms. The maximum absolute atomic E-state index is 6.49. The molecule has 0 amide bonds. The fourth-order valence-electron chi connectivity index (χ4n) is 3.22. The normalized spacial score (nSPS) is 19.8. The van der Waals surface area contributed by atoms with E-state index in [1.54, 1.807) is 0 Å². The summed E-state index contributed by atoms with van der Waals surface area (Å²) in [5.41, 5.74) is 8.89. The molecule has 1 heterocycles. The number of nitrogens with zero attached hydrogens (tertiary/aromatic N) is 2. The highest BCUT2D eigenvalue weighted by molar-refractivity contribution is 6.31. The van der Waals surface area contributed by atoms with Crippen LogP contribution < -0.4 is 5.73 Å². The number of halogens is 1. The molecule has 1 fully saturated rings. The molecular formula is C15H26ClN3. The Morgan fingerprint density at radius 2 is 2.00 bits per heavy atom. The Morgan fingerprint density at radius 3 is 2.53 bits per heavy atom. The molecule has 1 aromatic rings. The minimum Gasteiger partial charge on any atom is -0.327 e. The van der Waals surface area contributed by atoms with Gasteiger partial charge in [0.15, 0.2) is 0 Å². The van der Waals surface area contributed by atoms with E-state index in [1.807, 2.05) is 4.68 Å². The van der Waals surface area contributed by atoms with Crippen LogP contribution in [0.15, 0.2) is 0 Å². The molecule has 1 atom stereocenters. The largest absolute Gasteiger partial charge is 0.327 e. The summed E-state index contributed by atoms with van der Waals surface area (Å²) < 4.78 is 2.03. The van der Waals surface area contributed by atoms with Crippen molar-refractivity contribution in [2.24, 2.45) is 11.1 Å². The maximum atomic E-state index is 6.49. The minimum absolute atomic E-state index is 0.180. The number of rotatable bonds is 5. The van der Waals surface area contributed by atoms with Crippen LogP contribution >= 0.6 is 11.6 Å². The molecule has 19 heavy (non-hydrogen) atoms. The summed E-state index contributed by atoms with van der Waals surface area (Å²) in [4.78, 5) is 0. The van der Waals surface area contributed by atoms with Gasteiger partial charge in [-0.3, -0.25) is 4.68 Å². The van der Waals surface area contributed by atoms with Crippen molar-refractivity contribution in [2.45, 2.75) is 71.9 Å². The third kappa shape index (κ3) is 2.82. The van der Waals surface area contributed by atoms with Crippen molar-refractivity contribution in [1.29, 1.82) is 0 Å². The zero-order valence-corrected chi connectivity index (χ0v) is 13.1. The van der Waals surface area contributed by atoms with Crippen LogP contribution in [0, 0.1) is 5.41 Å². The minimum atomic E-state index is 0.180. The Morgan fingerprint density at radius 1 is 1.37 bits per heavy atom. The molecule has 0 spiro atoms. The molecule has 0 aromatic carbocycles. The summed E-state index contributed by atoms with van der Waals surface area (Å²) in [5, 5.41) is 5.41. The van der Waals surface area contributed by atoms with Crippen molar-refractivity contribution in [2.75, 3.05) is 0 Å². The Hall–Kier alpha value is -0.540. The van der Waals surface area contributed by atoms with E-state index in [4.69, 9.17) is 17.3 Å². The standard InChI is InChI=1S/C15H26ClN3/c1-4-11-14(16)12(19(5-2)18-11)10-13(17)15(3)8-6-7-9-15/h13H,4-10,17H2,1-3H3. The topological polar surface area (TPSA) is 43.8 Å². The number of aromatic nitrogens is 2. The molecule has 1 aliphatic carbocycles. The van der Waals surface area contributed by atoms with E-state index < -0.39 is 0 Å². The summed E-state index contributed by atoms with van der Waals surface area (Å²) in [6.07, 6.45) is 6.83. The third-order valence-corrected chi connectivity index (χ3v) is 5.18. The fraction of sp³-hybridized carbons (Fsp3) is 0.800. The lowest BCUT2D eigenvalue weighted by molar-refractivity contribution is 0.257. The number of aryl methyl sites for hydroxylation is 2. The number of nitrogens with two attached hydrogens (primary N) is 1. The first-order valence-corrected chi connectivity index (χ1v) is 7.89. The van der Waals surface area contributed by atoms with Crippen LogP contribution in [0.25, 0.3) is 0 Å². The summed E-state index contributed by atoms with van der Waals surface area (Å²) in [5.74, 6) is 0. The second kappa shape index (κ2) is 5.84. The monoisotopic (exact) mass is 283 g/mol. The van der Waals surface area contributed by atoms with E-state index >= 15 is 0 Å². The highest BCUT2D eigenvalue weighted by Crippen LogP contribution is 2.41. The molecule has 108 valence electrons. The van der Waals surface area contributed by atoms with Gasteiger partial charge in [-0.1, -0.05) is 38.3 Å². The van der Waals surface area contributed by atoms with E-state index in [2.05, 4.69) is 25.9 Å². The van der Waals surface area contributed by atoms with Crippen LogP contribution in [0.4, 0.5) is 0 Å². The summed E-state index contributed by atoms with van der Waals surface area (Å²) in [6, 6.07) is 0.180. The second-order valence-electron chi connectivity index (χ2n) is 6.05. The SMILES string of the molecule is CCc1nn(CC)c(CC(N)C2(C)CCCC2)c1Cl. The first-order valence-electron chi connectivity index (χ1n) is 7.51. The van der Waals surface area contributed by atoms with Gasteiger partial charge in [0.1, 0.15) is 0 Å². The zero-order valence-electron chi connectivity index (χ0n) is 12.4.